The molecule has 4 aliphatic rings. The number of benzene rings is 5. The Morgan fingerprint density at radius 1 is 0.521 bits per heavy atom. The highest BCUT2D eigenvalue weighted by atomic mass is 32.2. The summed E-state index contributed by atoms with van der Waals surface area (Å²) in [4.78, 5) is 12.3. The monoisotopic (exact) mass is 672 g/mol. The third-order valence-corrected chi connectivity index (χ3v) is 11.5. The fraction of sp³-hybridized carbons (Fsp3) is 0.158. The van der Waals surface area contributed by atoms with E-state index in [1.807, 2.05) is 66.7 Å². The number of phenolic OH excluding ortho intramolecular Hbond substituents is 2. The zero-order valence-corrected chi connectivity index (χ0v) is 27.1. The van der Waals surface area contributed by atoms with Gasteiger partial charge in [-0.2, -0.15) is 0 Å². The zero-order valence-electron chi connectivity index (χ0n) is 25.5. The Morgan fingerprint density at radius 2 is 0.979 bits per heavy atom. The van der Waals surface area contributed by atoms with Crippen LogP contribution in [0.3, 0.4) is 0 Å². The van der Waals surface area contributed by atoms with Gasteiger partial charge in [-0.15, -0.1) is 23.5 Å². The first-order valence-electron chi connectivity index (χ1n) is 15.6. The number of aliphatic imine (C=N–C) groups is 2. The Balaban J connectivity index is 1.14. The van der Waals surface area contributed by atoms with E-state index < -0.39 is 0 Å². The largest absolute Gasteiger partial charge is 0.507 e. The standard InChI is InChI=1S/C38H28N2O6S2/c41-29-18-30(42)24(28-17-38(48-36-8-4-2-6-26(36)40-28)22-10-12-32-34(14-22)46-20-44-32)15-23(29)27-16-37(47-35-7-3-1-5-25(35)39-27)21-9-11-31-33(13-21)45-19-43-31/h1-15,18,37-38,41-42H,16-17,19-20H2/t37-,38+. The predicted octanol–water partition coefficient (Wildman–Crippen LogP) is 9.27. The lowest BCUT2D eigenvalue weighted by Crippen LogP contribution is -2.10. The van der Waals surface area contributed by atoms with Crippen molar-refractivity contribution in [2.24, 2.45) is 9.98 Å². The average Bonchev–Trinajstić information content (AvgIpc) is 3.67. The first-order valence-corrected chi connectivity index (χ1v) is 17.3. The third-order valence-electron chi connectivity index (χ3n) is 8.81. The van der Waals surface area contributed by atoms with Crippen LogP contribution in [-0.2, 0) is 0 Å². The predicted molar refractivity (Wildman–Crippen MR) is 187 cm³/mol. The molecule has 0 spiro atoms. The molecule has 0 saturated carbocycles. The van der Waals surface area contributed by atoms with Crippen molar-refractivity contribution < 1.29 is 29.2 Å². The first-order chi connectivity index (χ1) is 23.6. The van der Waals surface area contributed by atoms with Gasteiger partial charge in [0.05, 0.1) is 22.8 Å². The molecular formula is C38H28N2O6S2. The number of aromatic hydroxyl groups is 2. The number of fused-ring (bicyclic) bond motifs is 4. The second-order valence-electron chi connectivity index (χ2n) is 11.8. The maximum absolute atomic E-state index is 11.4. The number of rotatable bonds is 4. The quantitative estimate of drug-likeness (QED) is 0.195. The maximum Gasteiger partial charge on any atom is 0.231 e. The summed E-state index contributed by atoms with van der Waals surface area (Å²) in [5, 5.41) is 22.7. The van der Waals surface area contributed by atoms with Crippen LogP contribution in [0, 0.1) is 0 Å². The molecule has 0 unspecified atom stereocenters. The molecule has 0 fully saturated rings. The minimum atomic E-state index is -0.0415. The van der Waals surface area contributed by atoms with Crippen LogP contribution in [0.5, 0.6) is 34.5 Å². The van der Waals surface area contributed by atoms with Crippen LogP contribution in [0.4, 0.5) is 11.4 Å². The summed E-state index contributed by atoms with van der Waals surface area (Å²) in [6.07, 6.45) is 1.06. The molecule has 2 N–H and O–H groups in total. The summed E-state index contributed by atoms with van der Waals surface area (Å²) in [5.41, 5.74) is 6.33. The Bertz CT molecular complexity index is 2020. The summed E-state index contributed by atoms with van der Waals surface area (Å²) in [5.74, 6) is 2.83. The summed E-state index contributed by atoms with van der Waals surface area (Å²) in [6, 6.07) is 31.4. The minimum absolute atomic E-state index is 0.0209. The number of nitrogens with zero attached hydrogens (tertiary/aromatic N) is 2. The molecular weight excluding hydrogens is 645 g/mol. The van der Waals surface area contributed by atoms with E-state index in [1.165, 1.54) is 6.07 Å². The second-order valence-corrected chi connectivity index (χ2v) is 14.3. The SMILES string of the molecule is Oc1cc(O)c(C2=Nc3ccccc3S[C@@H](c3ccc4c(c3)OCO4)C2)cc1C1=Nc2ccccc2S[C@H](c2ccc3c(c2)OCO3)C1. The lowest BCUT2D eigenvalue weighted by Gasteiger charge is -2.19. The van der Waals surface area contributed by atoms with Crippen molar-refractivity contribution in [1.82, 2.24) is 0 Å². The highest BCUT2D eigenvalue weighted by Crippen LogP contribution is 2.50. The molecule has 238 valence electrons. The Labute approximate surface area is 285 Å². The van der Waals surface area contributed by atoms with Crippen LogP contribution in [0.2, 0.25) is 0 Å². The van der Waals surface area contributed by atoms with E-state index >= 15 is 0 Å². The zero-order chi connectivity index (χ0) is 32.2. The van der Waals surface area contributed by atoms with Gasteiger partial charge in [0, 0.05) is 50.3 Å². The summed E-state index contributed by atoms with van der Waals surface area (Å²) < 4.78 is 22.5. The summed E-state index contributed by atoms with van der Waals surface area (Å²) in [6.45, 7) is 0.414. The van der Waals surface area contributed by atoms with Crippen molar-refractivity contribution in [3.63, 3.8) is 0 Å². The fourth-order valence-electron chi connectivity index (χ4n) is 6.40. The molecule has 0 aromatic heterocycles. The van der Waals surface area contributed by atoms with Gasteiger partial charge >= 0.3 is 0 Å². The molecule has 9 rings (SSSR count). The molecule has 10 heteroatoms. The molecule has 0 radical (unpaired) electrons. The Morgan fingerprint density at radius 3 is 1.48 bits per heavy atom. The van der Waals surface area contributed by atoms with Crippen LogP contribution in [0.25, 0.3) is 0 Å². The van der Waals surface area contributed by atoms with Gasteiger partial charge in [0.1, 0.15) is 11.5 Å². The van der Waals surface area contributed by atoms with Gasteiger partial charge in [-0.1, -0.05) is 36.4 Å². The Hall–Kier alpha value is -5.06. The normalized spacial score (nSPS) is 19.0. The van der Waals surface area contributed by atoms with E-state index in [-0.39, 0.29) is 35.6 Å². The lowest BCUT2D eigenvalue weighted by molar-refractivity contribution is 0.173. The van der Waals surface area contributed by atoms with Gasteiger partial charge in [-0.05, 0) is 65.7 Å². The van der Waals surface area contributed by atoms with Crippen LogP contribution in [0.15, 0.2) is 117 Å². The molecule has 0 saturated heterocycles. The van der Waals surface area contributed by atoms with E-state index in [4.69, 9.17) is 28.9 Å². The second kappa shape index (κ2) is 11.9. The summed E-state index contributed by atoms with van der Waals surface area (Å²) >= 11 is 3.46. The van der Waals surface area contributed by atoms with Crippen LogP contribution >= 0.6 is 23.5 Å². The van der Waals surface area contributed by atoms with Crippen molar-refractivity contribution in [2.75, 3.05) is 13.6 Å². The first kappa shape index (κ1) is 29.1. The third kappa shape index (κ3) is 5.31. The fourth-order valence-corrected chi connectivity index (χ4v) is 8.84. The van der Waals surface area contributed by atoms with Crippen LogP contribution in [0.1, 0.15) is 45.6 Å². The van der Waals surface area contributed by atoms with Crippen molar-refractivity contribution in [3.05, 3.63) is 119 Å². The highest BCUT2D eigenvalue weighted by Gasteiger charge is 2.29. The van der Waals surface area contributed by atoms with Gasteiger partial charge in [0.15, 0.2) is 23.0 Å². The molecule has 0 bridgehead atoms. The van der Waals surface area contributed by atoms with E-state index in [1.54, 1.807) is 23.5 Å². The van der Waals surface area contributed by atoms with Gasteiger partial charge in [0.25, 0.3) is 0 Å². The molecule has 0 aliphatic carbocycles. The number of ether oxygens (including phenoxy) is 4. The van der Waals surface area contributed by atoms with Gasteiger partial charge in [-0.25, -0.2) is 0 Å². The van der Waals surface area contributed by atoms with Crippen molar-refractivity contribution in [1.29, 1.82) is 0 Å². The topological polar surface area (TPSA) is 102 Å². The molecule has 5 aromatic carbocycles. The number of phenols is 2. The van der Waals surface area contributed by atoms with E-state index in [9.17, 15) is 10.2 Å². The molecule has 4 aliphatic heterocycles. The molecule has 8 nitrogen and oxygen atoms in total. The maximum atomic E-state index is 11.4. The van der Waals surface area contributed by atoms with E-state index in [0.717, 1.165) is 55.3 Å². The van der Waals surface area contributed by atoms with Crippen molar-refractivity contribution in [2.45, 2.75) is 33.1 Å². The van der Waals surface area contributed by atoms with E-state index in [0.29, 0.717) is 35.4 Å². The molecule has 0 amide bonds. The molecule has 2 atom stereocenters. The van der Waals surface area contributed by atoms with E-state index in [2.05, 4.69) is 24.3 Å². The minimum Gasteiger partial charge on any atom is -0.507 e. The summed E-state index contributed by atoms with van der Waals surface area (Å²) in [7, 11) is 0. The van der Waals surface area contributed by atoms with Crippen molar-refractivity contribution in [3.8, 4) is 34.5 Å². The number of para-hydroxylation sites is 2. The lowest BCUT2D eigenvalue weighted by atomic mass is 9.94. The number of hydrogen-bond donors (Lipinski definition) is 2. The van der Waals surface area contributed by atoms with Gasteiger partial charge in [-0.3, -0.25) is 9.98 Å². The molecule has 5 aromatic rings. The number of thioether (sulfide) groups is 2. The van der Waals surface area contributed by atoms with Gasteiger partial charge in [0.2, 0.25) is 13.6 Å². The van der Waals surface area contributed by atoms with Crippen LogP contribution in [-0.4, -0.2) is 35.2 Å². The average molecular weight is 673 g/mol. The van der Waals surface area contributed by atoms with Crippen LogP contribution < -0.4 is 18.9 Å². The Kier molecular flexibility index (Phi) is 7.20. The van der Waals surface area contributed by atoms with Gasteiger partial charge < -0.3 is 29.2 Å². The molecule has 4 heterocycles. The highest BCUT2D eigenvalue weighted by molar-refractivity contribution is 8.00. The smallest absolute Gasteiger partial charge is 0.231 e. The van der Waals surface area contributed by atoms with Crippen molar-refractivity contribution >= 4 is 46.3 Å². The number of hydrogen-bond acceptors (Lipinski definition) is 10. The molecule has 48 heavy (non-hydrogen) atoms.